The first-order valence-corrected chi connectivity index (χ1v) is 9.12. The van der Waals surface area contributed by atoms with Crippen LogP contribution in [-0.2, 0) is 13.2 Å². The molecule has 150 valence electrons. The number of nitrogens with two attached hydrogens (primary N) is 2. The summed E-state index contributed by atoms with van der Waals surface area (Å²) in [6, 6.07) is 21.5. The largest absolute Gasteiger partial charge is 0.489 e. The van der Waals surface area contributed by atoms with E-state index in [0.717, 1.165) is 11.1 Å². The molecule has 3 rings (SSSR count). The normalized spacial score (nSPS) is 10.1. The van der Waals surface area contributed by atoms with Crippen LogP contribution in [0.3, 0.4) is 0 Å². The van der Waals surface area contributed by atoms with E-state index in [9.17, 15) is 5.26 Å². The van der Waals surface area contributed by atoms with Crippen LogP contribution in [0.25, 0.3) is 0 Å². The Hall–Kier alpha value is -4.31. The molecule has 0 saturated carbocycles. The second kappa shape index (κ2) is 9.26. The summed E-state index contributed by atoms with van der Waals surface area (Å²) < 4.78 is 11.6. The van der Waals surface area contributed by atoms with Gasteiger partial charge in [-0.05, 0) is 77.9 Å². The van der Waals surface area contributed by atoms with Gasteiger partial charge in [0.2, 0.25) is 0 Å². The fraction of sp³-hybridized carbons (Fsp3) is 0.0870. The van der Waals surface area contributed by atoms with E-state index in [2.05, 4.69) is 6.07 Å². The molecule has 6 N–H and O–H groups in total. The summed E-state index contributed by atoms with van der Waals surface area (Å²) in [5.41, 5.74) is 14.4. The molecule has 0 saturated heterocycles. The summed E-state index contributed by atoms with van der Waals surface area (Å²) in [5.74, 6) is 1.30. The molecule has 7 heteroatoms. The van der Waals surface area contributed by atoms with Crippen molar-refractivity contribution in [2.45, 2.75) is 13.2 Å². The Labute approximate surface area is 174 Å². The first kappa shape index (κ1) is 20.4. The maximum Gasteiger partial charge on any atom is 0.122 e. The Balaban J connectivity index is 1.66. The minimum atomic E-state index is 0.00356. The second-order valence-corrected chi connectivity index (χ2v) is 6.60. The van der Waals surface area contributed by atoms with Gasteiger partial charge in [-0.15, -0.1) is 0 Å². The van der Waals surface area contributed by atoms with Crippen molar-refractivity contribution in [3.05, 3.63) is 94.5 Å². The zero-order valence-corrected chi connectivity index (χ0v) is 16.2. The van der Waals surface area contributed by atoms with Crippen molar-refractivity contribution in [1.29, 1.82) is 16.1 Å². The highest BCUT2D eigenvalue weighted by atomic mass is 16.5. The Bertz CT molecular complexity index is 1020. The number of ether oxygens (including phenoxy) is 2. The number of nitrogen functional groups attached to an aromatic ring is 2. The summed E-state index contributed by atoms with van der Waals surface area (Å²) in [6.07, 6.45) is 0. The summed E-state index contributed by atoms with van der Waals surface area (Å²) in [6.45, 7) is 0.574. The van der Waals surface area contributed by atoms with Gasteiger partial charge >= 0.3 is 0 Å². The van der Waals surface area contributed by atoms with Gasteiger partial charge in [-0.2, -0.15) is 5.26 Å². The number of rotatable bonds is 8. The molecule has 7 nitrogen and oxygen atoms in total. The van der Waals surface area contributed by atoms with Gasteiger partial charge in [0.25, 0.3) is 0 Å². The van der Waals surface area contributed by atoms with Crippen LogP contribution in [0.15, 0.2) is 66.7 Å². The van der Waals surface area contributed by atoms with E-state index in [4.69, 9.17) is 31.8 Å². The van der Waals surface area contributed by atoms with Gasteiger partial charge in [0.05, 0.1) is 11.6 Å². The highest BCUT2D eigenvalue weighted by Crippen LogP contribution is 2.18. The Morgan fingerprint density at radius 2 is 1.13 bits per heavy atom. The molecule has 0 fully saturated rings. The minimum Gasteiger partial charge on any atom is -0.489 e. The lowest BCUT2D eigenvalue weighted by atomic mass is 10.1. The molecule has 0 amide bonds. The number of hydrogen-bond acceptors (Lipinski definition) is 5. The van der Waals surface area contributed by atoms with Crippen LogP contribution in [0.1, 0.15) is 27.8 Å². The molecule has 0 spiro atoms. The van der Waals surface area contributed by atoms with Gasteiger partial charge in [0.15, 0.2) is 0 Å². The zero-order chi connectivity index (χ0) is 21.5. The third-order valence-corrected chi connectivity index (χ3v) is 4.32. The average molecular weight is 399 g/mol. The molecule has 0 aliphatic carbocycles. The molecular weight excluding hydrogens is 378 g/mol. The Kier molecular flexibility index (Phi) is 6.30. The van der Waals surface area contributed by atoms with Crippen molar-refractivity contribution < 1.29 is 9.47 Å². The molecule has 0 radical (unpaired) electrons. The molecule has 30 heavy (non-hydrogen) atoms. The topological polar surface area (TPSA) is 142 Å². The predicted octanol–water partition coefficient (Wildman–Crippen LogP) is 3.28. The van der Waals surface area contributed by atoms with Crippen LogP contribution in [0, 0.1) is 22.1 Å². The third-order valence-electron chi connectivity index (χ3n) is 4.32. The number of nitrogens with one attached hydrogen (secondary N) is 2. The van der Waals surface area contributed by atoms with Crippen molar-refractivity contribution in [2.24, 2.45) is 11.5 Å². The van der Waals surface area contributed by atoms with E-state index >= 15 is 0 Å². The van der Waals surface area contributed by atoms with E-state index in [1.54, 1.807) is 60.7 Å². The standard InChI is InChI=1S/C23H21N5O2/c24-12-15-9-16(13-29-20-5-1-18(2-6-20)22(25)26)11-17(10-15)14-30-21-7-3-19(4-8-21)23(27)28/h1-11H,13-14H2,(H3,25,26)(H3,27,28). The minimum absolute atomic E-state index is 0.00356. The van der Waals surface area contributed by atoms with Gasteiger partial charge < -0.3 is 20.9 Å². The highest BCUT2D eigenvalue weighted by molar-refractivity contribution is 5.95. The van der Waals surface area contributed by atoms with Crippen molar-refractivity contribution in [3.8, 4) is 17.6 Å². The van der Waals surface area contributed by atoms with E-state index in [1.165, 1.54) is 0 Å². The molecule has 0 atom stereocenters. The molecule has 3 aromatic rings. The van der Waals surface area contributed by atoms with E-state index in [1.807, 2.05) is 6.07 Å². The van der Waals surface area contributed by atoms with Crippen LogP contribution in [0.5, 0.6) is 11.5 Å². The fourth-order valence-corrected chi connectivity index (χ4v) is 2.79. The maximum absolute atomic E-state index is 9.33. The molecule has 0 aromatic heterocycles. The van der Waals surface area contributed by atoms with Crippen molar-refractivity contribution in [1.82, 2.24) is 0 Å². The Morgan fingerprint density at radius 1 is 0.733 bits per heavy atom. The van der Waals surface area contributed by atoms with Gasteiger partial charge in [-0.1, -0.05) is 0 Å². The monoisotopic (exact) mass is 399 g/mol. The van der Waals surface area contributed by atoms with Gasteiger partial charge in [-0.3, -0.25) is 10.8 Å². The van der Waals surface area contributed by atoms with Gasteiger partial charge in [0, 0.05) is 11.1 Å². The average Bonchev–Trinajstić information content (AvgIpc) is 2.76. The van der Waals surface area contributed by atoms with Crippen LogP contribution in [0.2, 0.25) is 0 Å². The van der Waals surface area contributed by atoms with Crippen LogP contribution >= 0.6 is 0 Å². The van der Waals surface area contributed by atoms with Crippen LogP contribution in [0.4, 0.5) is 0 Å². The molecule has 3 aromatic carbocycles. The second-order valence-electron chi connectivity index (χ2n) is 6.60. The predicted molar refractivity (Wildman–Crippen MR) is 115 cm³/mol. The Morgan fingerprint density at radius 3 is 1.47 bits per heavy atom. The number of benzene rings is 3. The van der Waals surface area contributed by atoms with Crippen LogP contribution in [-0.4, -0.2) is 11.7 Å². The molecule has 0 unspecified atom stereocenters. The molecular formula is C23H21N5O2. The first-order chi connectivity index (χ1) is 14.4. The van der Waals surface area contributed by atoms with E-state index < -0.39 is 0 Å². The zero-order valence-electron chi connectivity index (χ0n) is 16.2. The third kappa shape index (κ3) is 5.36. The molecule has 0 bridgehead atoms. The van der Waals surface area contributed by atoms with E-state index in [-0.39, 0.29) is 24.9 Å². The fourth-order valence-electron chi connectivity index (χ4n) is 2.79. The number of nitriles is 1. The molecule has 0 heterocycles. The molecule has 0 aliphatic heterocycles. The summed E-state index contributed by atoms with van der Waals surface area (Å²) >= 11 is 0. The van der Waals surface area contributed by atoms with E-state index in [0.29, 0.717) is 28.2 Å². The van der Waals surface area contributed by atoms with Crippen LogP contribution < -0.4 is 20.9 Å². The maximum atomic E-state index is 9.33. The first-order valence-electron chi connectivity index (χ1n) is 9.12. The lowest BCUT2D eigenvalue weighted by Gasteiger charge is -2.11. The van der Waals surface area contributed by atoms with Crippen molar-refractivity contribution in [2.75, 3.05) is 0 Å². The summed E-state index contributed by atoms with van der Waals surface area (Å²) in [4.78, 5) is 0. The van der Waals surface area contributed by atoms with Gasteiger partial charge in [0.1, 0.15) is 36.4 Å². The smallest absolute Gasteiger partial charge is 0.122 e. The van der Waals surface area contributed by atoms with Crippen molar-refractivity contribution >= 4 is 11.7 Å². The number of hydrogen-bond donors (Lipinski definition) is 4. The molecule has 0 aliphatic rings. The highest BCUT2D eigenvalue weighted by Gasteiger charge is 2.05. The van der Waals surface area contributed by atoms with Crippen molar-refractivity contribution in [3.63, 3.8) is 0 Å². The van der Waals surface area contributed by atoms with Gasteiger partial charge in [-0.25, -0.2) is 0 Å². The lowest BCUT2D eigenvalue weighted by Crippen LogP contribution is -2.10. The summed E-state index contributed by atoms with van der Waals surface area (Å²) in [7, 11) is 0. The lowest BCUT2D eigenvalue weighted by molar-refractivity contribution is 0.300. The number of amidine groups is 2. The number of nitrogens with zero attached hydrogens (tertiary/aromatic N) is 1. The quantitative estimate of drug-likeness (QED) is 0.340. The SMILES string of the molecule is N#Cc1cc(COc2ccc(C(=N)N)cc2)cc(COc2ccc(C(=N)N)cc2)c1. The summed E-state index contributed by atoms with van der Waals surface area (Å²) in [5, 5.41) is 24.2.